The largest absolute Gasteiger partial charge is 0.394 e. The van der Waals surface area contributed by atoms with Crippen LogP contribution >= 0.6 is 0 Å². The number of halogens is 1. The number of ether oxygens (including phenoxy) is 1. The molecule has 1 saturated heterocycles. The summed E-state index contributed by atoms with van der Waals surface area (Å²) in [5, 5.41) is 11.9. The lowest BCUT2D eigenvalue weighted by Crippen LogP contribution is -2.50. The number of aliphatic hydroxyl groups excluding tert-OH is 1. The maximum atomic E-state index is 14.2. The molecule has 4 atom stereocenters. The van der Waals surface area contributed by atoms with Gasteiger partial charge in [0.1, 0.15) is 11.9 Å². The Morgan fingerprint density at radius 3 is 2.94 bits per heavy atom. The van der Waals surface area contributed by atoms with Crippen molar-refractivity contribution in [2.45, 2.75) is 31.0 Å². The van der Waals surface area contributed by atoms with Crippen molar-refractivity contribution in [3.05, 3.63) is 0 Å². The quantitative estimate of drug-likeness (QED) is 0.592. The number of hydrogen-bond acceptors (Lipinski definition) is 5. The number of amidine groups is 1. The summed E-state index contributed by atoms with van der Waals surface area (Å²) in [4.78, 5) is 16.5. The van der Waals surface area contributed by atoms with E-state index in [0.29, 0.717) is 6.42 Å². The second kappa shape index (κ2) is 5.17. The van der Waals surface area contributed by atoms with Gasteiger partial charge in [-0.1, -0.05) is 0 Å². The lowest BCUT2D eigenvalue weighted by molar-refractivity contribution is -0.0654. The Bertz CT molecular complexity index is 365. The minimum absolute atomic E-state index is 0.244. The van der Waals surface area contributed by atoms with Crippen LogP contribution in [0.5, 0.6) is 0 Å². The van der Waals surface area contributed by atoms with Crippen molar-refractivity contribution in [3.8, 4) is 0 Å². The van der Waals surface area contributed by atoms with Gasteiger partial charge in [0.25, 0.3) is 0 Å². The number of hydrogen-bond donors (Lipinski definition) is 3. The third-order valence-corrected chi connectivity index (χ3v) is 3.24. The standard InChI is InChI=1S/C10H17FN4O3/c1-13-8-5(4-16)18-9(7(8)11)15-3-2-6(12)14-10(15)17/h5,7-9,13,16H,2-4H2,1H3,(H2,12,14,17)/t5-,7+,8+,9?/m1/s1. The summed E-state index contributed by atoms with van der Waals surface area (Å²) in [7, 11) is 1.58. The summed E-state index contributed by atoms with van der Waals surface area (Å²) in [6.07, 6.45) is -2.72. The highest BCUT2D eigenvalue weighted by atomic mass is 19.1. The second-order valence-corrected chi connectivity index (χ2v) is 4.34. The third-order valence-electron chi connectivity index (χ3n) is 3.24. The molecule has 0 aromatic heterocycles. The zero-order chi connectivity index (χ0) is 13.3. The van der Waals surface area contributed by atoms with E-state index in [1.807, 2.05) is 0 Å². The van der Waals surface area contributed by atoms with Gasteiger partial charge >= 0.3 is 6.03 Å². The monoisotopic (exact) mass is 260 g/mol. The average molecular weight is 260 g/mol. The van der Waals surface area contributed by atoms with Crippen molar-refractivity contribution < 1.29 is 19.0 Å². The SMILES string of the molecule is CN[C@@H]1[C@H](F)C(N2CCC(N)=NC2=O)O[C@@H]1CO. The summed E-state index contributed by atoms with van der Waals surface area (Å²) < 4.78 is 19.6. The maximum Gasteiger partial charge on any atom is 0.347 e. The molecule has 2 rings (SSSR count). The number of aliphatic hydroxyl groups is 1. The van der Waals surface area contributed by atoms with E-state index in [1.54, 1.807) is 7.05 Å². The van der Waals surface area contributed by atoms with E-state index in [-0.39, 0.29) is 19.0 Å². The van der Waals surface area contributed by atoms with Crippen LogP contribution in [0, 0.1) is 0 Å². The molecule has 2 aliphatic heterocycles. The molecule has 0 spiro atoms. The molecule has 2 amide bonds. The molecule has 0 aliphatic carbocycles. The number of urea groups is 1. The summed E-state index contributed by atoms with van der Waals surface area (Å²) in [5.41, 5.74) is 5.44. The molecule has 7 nitrogen and oxygen atoms in total. The highest BCUT2D eigenvalue weighted by Crippen LogP contribution is 2.27. The van der Waals surface area contributed by atoms with E-state index >= 15 is 0 Å². The predicted octanol–water partition coefficient (Wildman–Crippen LogP) is -1.19. The van der Waals surface area contributed by atoms with Gasteiger partial charge in [0, 0.05) is 13.0 Å². The van der Waals surface area contributed by atoms with Crippen LogP contribution in [0.2, 0.25) is 0 Å². The lowest BCUT2D eigenvalue weighted by Gasteiger charge is -2.30. The fourth-order valence-electron chi connectivity index (χ4n) is 2.28. The zero-order valence-corrected chi connectivity index (χ0v) is 10.0. The van der Waals surface area contributed by atoms with Gasteiger partial charge in [0.15, 0.2) is 12.4 Å². The predicted molar refractivity (Wildman–Crippen MR) is 61.8 cm³/mol. The van der Waals surface area contributed by atoms with Crippen molar-refractivity contribution in [2.75, 3.05) is 20.2 Å². The van der Waals surface area contributed by atoms with Gasteiger partial charge in [0.05, 0.1) is 12.6 Å². The molecular formula is C10H17FN4O3. The molecule has 1 unspecified atom stereocenters. The summed E-state index contributed by atoms with van der Waals surface area (Å²) in [6.45, 7) is -0.0380. The molecule has 1 fully saturated rings. The van der Waals surface area contributed by atoms with E-state index < -0.39 is 30.6 Å². The fourth-order valence-corrected chi connectivity index (χ4v) is 2.28. The Kier molecular flexibility index (Phi) is 3.79. The molecule has 18 heavy (non-hydrogen) atoms. The van der Waals surface area contributed by atoms with Gasteiger partial charge in [-0.25, -0.2) is 9.18 Å². The lowest BCUT2D eigenvalue weighted by atomic mass is 10.1. The first kappa shape index (κ1) is 13.2. The first-order chi connectivity index (χ1) is 8.58. The Labute approximate surface area is 104 Å². The highest BCUT2D eigenvalue weighted by Gasteiger charge is 2.48. The first-order valence-corrected chi connectivity index (χ1v) is 5.79. The number of amides is 2. The molecule has 2 heterocycles. The van der Waals surface area contributed by atoms with Crippen LogP contribution in [0.25, 0.3) is 0 Å². The number of alkyl halides is 1. The van der Waals surface area contributed by atoms with E-state index in [2.05, 4.69) is 10.3 Å². The van der Waals surface area contributed by atoms with Crippen molar-refractivity contribution in [1.82, 2.24) is 10.2 Å². The maximum absolute atomic E-state index is 14.2. The van der Waals surface area contributed by atoms with Crippen molar-refractivity contribution >= 4 is 11.9 Å². The number of aliphatic imine (C=N–C) groups is 1. The van der Waals surface area contributed by atoms with Gasteiger partial charge in [-0.05, 0) is 7.05 Å². The Balaban J connectivity index is 2.13. The van der Waals surface area contributed by atoms with Crippen LogP contribution < -0.4 is 11.1 Å². The number of likely N-dealkylation sites (N-methyl/N-ethyl adjacent to an activating group) is 1. The number of carbonyl (C=O) groups excluding carboxylic acids is 1. The van der Waals surface area contributed by atoms with Crippen LogP contribution in [0.4, 0.5) is 9.18 Å². The normalized spacial score (nSPS) is 36.9. The molecule has 0 bridgehead atoms. The number of carbonyl (C=O) groups is 1. The topological polar surface area (TPSA) is 100 Å². The van der Waals surface area contributed by atoms with Crippen molar-refractivity contribution in [3.63, 3.8) is 0 Å². The van der Waals surface area contributed by atoms with E-state index in [9.17, 15) is 9.18 Å². The van der Waals surface area contributed by atoms with Crippen LogP contribution in [0.1, 0.15) is 6.42 Å². The second-order valence-electron chi connectivity index (χ2n) is 4.34. The van der Waals surface area contributed by atoms with E-state index in [0.717, 1.165) is 0 Å². The first-order valence-electron chi connectivity index (χ1n) is 5.79. The Hall–Kier alpha value is -1.25. The van der Waals surface area contributed by atoms with Crippen LogP contribution in [-0.2, 0) is 4.74 Å². The molecule has 0 radical (unpaired) electrons. The van der Waals surface area contributed by atoms with Gasteiger partial charge in [-0.2, -0.15) is 4.99 Å². The van der Waals surface area contributed by atoms with Gasteiger partial charge in [-0.15, -0.1) is 0 Å². The number of nitrogens with zero attached hydrogens (tertiary/aromatic N) is 2. The third kappa shape index (κ3) is 2.18. The Morgan fingerprint density at radius 1 is 1.72 bits per heavy atom. The zero-order valence-electron chi connectivity index (χ0n) is 10.0. The number of nitrogens with two attached hydrogens (primary N) is 1. The molecule has 0 saturated carbocycles. The molecule has 0 aromatic rings. The van der Waals surface area contributed by atoms with E-state index in [4.69, 9.17) is 15.6 Å². The van der Waals surface area contributed by atoms with Crippen molar-refractivity contribution in [2.24, 2.45) is 10.7 Å². The van der Waals surface area contributed by atoms with Crippen LogP contribution in [0.3, 0.4) is 0 Å². The molecule has 2 aliphatic rings. The minimum atomic E-state index is -1.41. The van der Waals surface area contributed by atoms with Gasteiger partial charge < -0.3 is 20.9 Å². The average Bonchev–Trinajstić information content (AvgIpc) is 2.66. The number of rotatable bonds is 3. The molecule has 0 aromatic carbocycles. The minimum Gasteiger partial charge on any atom is -0.394 e. The smallest absolute Gasteiger partial charge is 0.347 e. The summed E-state index contributed by atoms with van der Waals surface area (Å²) in [6, 6.07) is -1.24. The van der Waals surface area contributed by atoms with E-state index in [1.165, 1.54) is 4.90 Å². The van der Waals surface area contributed by atoms with Gasteiger partial charge in [0.2, 0.25) is 0 Å². The summed E-state index contributed by atoms with van der Waals surface area (Å²) in [5.74, 6) is 0.244. The number of nitrogens with one attached hydrogen (secondary N) is 1. The molecule has 8 heteroatoms. The molecule has 102 valence electrons. The van der Waals surface area contributed by atoms with Crippen LogP contribution in [0.15, 0.2) is 4.99 Å². The molecular weight excluding hydrogens is 243 g/mol. The summed E-state index contributed by atoms with van der Waals surface area (Å²) >= 11 is 0. The molecule has 4 N–H and O–H groups in total. The highest BCUT2D eigenvalue weighted by molar-refractivity contribution is 5.95. The fraction of sp³-hybridized carbons (Fsp3) is 0.800. The van der Waals surface area contributed by atoms with Crippen molar-refractivity contribution in [1.29, 1.82) is 0 Å². The van der Waals surface area contributed by atoms with Gasteiger partial charge in [-0.3, -0.25) is 4.90 Å². The van der Waals surface area contributed by atoms with Crippen LogP contribution in [-0.4, -0.2) is 66.6 Å². The Morgan fingerprint density at radius 2 is 2.44 bits per heavy atom.